The number of nitrogens with zero attached hydrogens (tertiary/aromatic N) is 3. The molecule has 5 rings (SSSR count). The van der Waals surface area contributed by atoms with Crippen molar-refractivity contribution in [1.29, 1.82) is 0 Å². The third-order valence-corrected chi connectivity index (χ3v) is 6.96. The van der Waals surface area contributed by atoms with Crippen LogP contribution < -0.4 is 0 Å². The third kappa shape index (κ3) is 3.76. The lowest BCUT2D eigenvalue weighted by Gasteiger charge is -2.35. The van der Waals surface area contributed by atoms with Crippen LogP contribution in [0.3, 0.4) is 0 Å². The summed E-state index contributed by atoms with van der Waals surface area (Å²) in [6.07, 6.45) is 2.96. The summed E-state index contributed by atoms with van der Waals surface area (Å²) >= 11 is 1.60. The van der Waals surface area contributed by atoms with E-state index in [0.717, 1.165) is 28.1 Å². The van der Waals surface area contributed by atoms with Crippen molar-refractivity contribution in [2.45, 2.75) is 24.9 Å². The second kappa shape index (κ2) is 8.72. The van der Waals surface area contributed by atoms with E-state index in [1.54, 1.807) is 22.6 Å². The fourth-order valence-electron chi connectivity index (χ4n) is 4.46. The Kier molecular flexibility index (Phi) is 5.63. The Balaban J connectivity index is 1.42. The number of methoxy groups -OCH3 is 1. The third-order valence-electron chi connectivity index (χ3n) is 5.99. The van der Waals surface area contributed by atoms with Gasteiger partial charge in [-0.2, -0.15) is 5.10 Å². The van der Waals surface area contributed by atoms with E-state index in [0.29, 0.717) is 18.7 Å². The molecule has 0 aliphatic carbocycles. The molecule has 3 aromatic rings. The maximum Gasteiger partial charge on any atom is 0.327 e. The van der Waals surface area contributed by atoms with Crippen LogP contribution in [0.15, 0.2) is 69.7 Å². The fourth-order valence-corrected chi connectivity index (χ4v) is 5.27. The normalized spacial score (nSPS) is 20.7. The molecule has 0 saturated heterocycles. The number of hydrogen-bond donors (Lipinski definition) is 0. The molecule has 1 aromatic carbocycles. The van der Waals surface area contributed by atoms with Gasteiger partial charge in [-0.3, -0.25) is 9.69 Å². The Morgan fingerprint density at radius 2 is 2.06 bits per heavy atom. The number of carbonyl (C=O) groups excluding carboxylic acids is 2. The van der Waals surface area contributed by atoms with Crippen molar-refractivity contribution < 1.29 is 18.7 Å². The van der Waals surface area contributed by atoms with Gasteiger partial charge in [-0.25, -0.2) is 9.80 Å². The number of esters is 1. The molecule has 32 heavy (non-hydrogen) atoms. The van der Waals surface area contributed by atoms with E-state index in [-0.39, 0.29) is 24.5 Å². The molecule has 0 unspecified atom stereocenters. The second-order valence-electron chi connectivity index (χ2n) is 7.84. The standard InChI is InChI=1S/C24H23N3O4S/c1-30-24(29)23-17-7-3-2-6-16(17)10-11-26(23)15-22(28)27-19(21-9-5-13-32-21)14-18(25-27)20-8-4-12-31-20/h2-9,12-13,19,23H,10-11,14-15H2,1H3/t19-,23+/m0/s1. The first kappa shape index (κ1) is 20.7. The average Bonchev–Trinajstić information content (AvgIpc) is 3.59. The molecule has 0 N–H and O–H groups in total. The zero-order valence-corrected chi connectivity index (χ0v) is 18.5. The molecular formula is C24H23N3O4S. The Bertz CT molecular complexity index is 1140. The highest BCUT2D eigenvalue weighted by atomic mass is 32.1. The number of amides is 1. The van der Waals surface area contributed by atoms with Crippen LogP contribution in [0.2, 0.25) is 0 Å². The van der Waals surface area contributed by atoms with Crippen molar-refractivity contribution in [3.8, 4) is 0 Å². The van der Waals surface area contributed by atoms with Gasteiger partial charge < -0.3 is 9.15 Å². The summed E-state index contributed by atoms with van der Waals surface area (Å²) in [7, 11) is 1.38. The lowest BCUT2D eigenvalue weighted by Crippen LogP contribution is -2.45. The van der Waals surface area contributed by atoms with Crippen molar-refractivity contribution in [3.63, 3.8) is 0 Å². The van der Waals surface area contributed by atoms with Gasteiger partial charge >= 0.3 is 5.97 Å². The van der Waals surface area contributed by atoms with Gasteiger partial charge in [-0.1, -0.05) is 30.3 Å². The molecule has 0 saturated carbocycles. The number of thiophene rings is 1. The maximum atomic E-state index is 13.5. The Morgan fingerprint density at radius 1 is 1.19 bits per heavy atom. The van der Waals surface area contributed by atoms with Crippen LogP contribution in [0, 0.1) is 0 Å². The molecular weight excluding hydrogens is 426 g/mol. The van der Waals surface area contributed by atoms with Crippen molar-refractivity contribution in [2.24, 2.45) is 5.10 Å². The first-order valence-corrected chi connectivity index (χ1v) is 11.4. The van der Waals surface area contributed by atoms with Crippen molar-refractivity contribution in [1.82, 2.24) is 9.91 Å². The highest BCUT2D eigenvalue weighted by molar-refractivity contribution is 7.10. The fraction of sp³-hybridized carbons (Fsp3) is 0.292. The van der Waals surface area contributed by atoms with Gasteiger partial charge in [-0.05, 0) is 41.1 Å². The number of benzene rings is 1. The van der Waals surface area contributed by atoms with Gasteiger partial charge in [0.2, 0.25) is 0 Å². The second-order valence-corrected chi connectivity index (χ2v) is 8.82. The number of hydrogen-bond acceptors (Lipinski definition) is 7. The first-order valence-electron chi connectivity index (χ1n) is 10.5. The summed E-state index contributed by atoms with van der Waals surface area (Å²) in [5.74, 6) is 0.153. The van der Waals surface area contributed by atoms with Gasteiger partial charge in [0.1, 0.15) is 17.5 Å². The van der Waals surface area contributed by atoms with Gasteiger partial charge in [0.05, 0.1) is 26.0 Å². The van der Waals surface area contributed by atoms with Crippen LogP contribution in [-0.2, 0) is 20.7 Å². The number of carbonyl (C=O) groups is 2. The Labute approximate surface area is 189 Å². The van der Waals surface area contributed by atoms with E-state index < -0.39 is 6.04 Å². The minimum Gasteiger partial charge on any atom is -0.468 e. The summed E-state index contributed by atoms with van der Waals surface area (Å²) in [6.45, 7) is 0.666. The summed E-state index contributed by atoms with van der Waals surface area (Å²) in [4.78, 5) is 29.1. The topological polar surface area (TPSA) is 75.3 Å². The lowest BCUT2D eigenvalue weighted by atomic mass is 9.92. The van der Waals surface area contributed by atoms with E-state index >= 15 is 0 Å². The molecule has 164 valence electrons. The van der Waals surface area contributed by atoms with Crippen molar-refractivity contribution in [3.05, 3.63) is 81.9 Å². The van der Waals surface area contributed by atoms with Crippen LogP contribution in [-0.4, -0.2) is 47.7 Å². The molecule has 8 heteroatoms. The molecule has 2 aromatic heterocycles. The highest BCUT2D eigenvalue weighted by Crippen LogP contribution is 2.36. The Morgan fingerprint density at radius 3 is 2.81 bits per heavy atom. The SMILES string of the molecule is COC(=O)[C@H]1c2ccccc2CCN1CC(=O)N1N=C(c2ccco2)C[C@H]1c1cccs1. The van der Waals surface area contributed by atoms with E-state index in [2.05, 4.69) is 5.10 Å². The van der Waals surface area contributed by atoms with Crippen molar-refractivity contribution in [2.75, 3.05) is 20.2 Å². The summed E-state index contributed by atoms with van der Waals surface area (Å²) in [6, 6.07) is 14.7. The lowest BCUT2D eigenvalue weighted by molar-refractivity contribution is -0.149. The van der Waals surface area contributed by atoms with E-state index in [9.17, 15) is 9.59 Å². The molecule has 0 spiro atoms. The van der Waals surface area contributed by atoms with Gasteiger partial charge in [0.25, 0.3) is 5.91 Å². The predicted octanol–water partition coefficient (Wildman–Crippen LogP) is 3.79. The number of ether oxygens (including phenoxy) is 1. The smallest absolute Gasteiger partial charge is 0.327 e. The molecule has 4 heterocycles. The maximum absolute atomic E-state index is 13.5. The summed E-state index contributed by atoms with van der Waals surface area (Å²) < 4.78 is 10.6. The van der Waals surface area contributed by atoms with Crippen molar-refractivity contribution >= 4 is 28.9 Å². The minimum absolute atomic E-state index is 0.0743. The van der Waals surface area contributed by atoms with Gasteiger partial charge in [-0.15, -0.1) is 11.3 Å². The van der Waals surface area contributed by atoms with Gasteiger partial charge in [0, 0.05) is 17.8 Å². The molecule has 2 atom stereocenters. The number of fused-ring (bicyclic) bond motifs is 1. The van der Waals surface area contributed by atoms with E-state index in [4.69, 9.17) is 9.15 Å². The molecule has 0 bridgehead atoms. The first-order chi connectivity index (χ1) is 15.7. The quantitative estimate of drug-likeness (QED) is 0.554. The van der Waals surface area contributed by atoms with Crippen LogP contribution in [0.25, 0.3) is 0 Å². The van der Waals surface area contributed by atoms with Crippen LogP contribution in [0.1, 0.15) is 40.3 Å². The minimum atomic E-state index is -0.606. The predicted molar refractivity (Wildman–Crippen MR) is 120 cm³/mol. The van der Waals surface area contributed by atoms with Crippen LogP contribution in [0.4, 0.5) is 0 Å². The molecule has 2 aliphatic heterocycles. The van der Waals surface area contributed by atoms with E-state index in [1.165, 1.54) is 7.11 Å². The monoisotopic (exact) mass is 449 g/mol. The Hall–Kier alpha value is -3.23. The summed E-state index contributed by atoms with van der Waals surface area (Å²) in [5.41, 5.74) is 2.76. The molecule has 0 fully saturated rings. The largest absolute Gasteiger partial charge is 0.468 e. The van der Waals surface area contributed by atoms with Gasteiger partial charge in [0.15, 0.2) is 0 Å². The number of hydrazone groups is 1. The average molecular weight is 450 g/mol. The summed E-state index contributed by atoms with van der Waals surface area (Å²) in [5, 5.41) is 8.19. The molecule has 1 amide bonds. The van der Waals surface area contributed by atoms with Crippen LogP contribution in [0.5, 0.6) is 0 Å². The highest BCUT2D eigenvalue weighted by Gasteiger charge is 2.39. The number of furan rings is 1. The molecule has 2 aliphatic rings. The van der Waals surface area contributed by atoms with Crippen LogP contribution >= 0.6 is 11.3 Å². The zero-order valence-electron chi connectivity index (χ0n) is 17.6. The molecule has 0 radical (unpaired) electrons. The molecule has 7 nitrogen and oxygen atoms in total. The van der Waals surface area contributed by atoms with E-state index in [1.807, 2.05) is 58.8 Å². The number of rotatable bonds is 5. The zero-order chi connectivity index (χ0) is 22.1.